The second-order valence-electron chi connectivity index (χ2n) is 7.11. The lowest BCUT2D eigenvalue weighted by Gasteiger charge is -2.28. The lowest BCUT2D eigenvalue weighted by Crippen LogP contribution is -3.00. The van der Waals surface area contributed by atoms with Crippen LogP contribution in [0.2, 0.25) is 10.0 Å². The number of rotatable bonds is 6. The van der Waals surface area contributed by atoms with Crippen LogP contribution in [-0.2, 0) is 6.42 Å². The molecule has 4 aromatic rings. The van der Waals surface area contributed by atoms with E-state index in [4.69, 9.17) is 23.2 Å². The fraction of sp³-hybridized carbons (Fsp3) is 0.0769. The van der Waals surface area contributed by atoms with Gasteiger partial charge in [-0.3, -0.25) is 0 Å². The van der Waals surface area contributed by atoms with Crippen molar-refractivity contribution in [2.24, 2.45) is 0 Å². The Balaban J connectivity index is 0.00000272. The second-order valence-corrected chi connectivity index (χ2v) is 11.5. The molecule has 0 bridgehead atoms. The van der Waals surface area contributed by atoms with Gasteiger partial charge in [0.2, 0.25) is 0 Å². The van der Waals surface area contributed by atoms with E-state index in [0.29, 0.717) is 17.0 Å². The molecular formula is C26H21BrCl2FP. The van der Waals surface area contributed by atoms with Crippen LogP contribution < -0.4 is 32.9 Å². The zero-order valence-electron chi connectivity index (χ0n) is 16.7. The molecule has 4 aromatic carbocycles. The van der Waals surface area contributed by atoms with Gasteiger partial charge in [0, 0.05) is 11.4 Å². The molecule has 0 saturated heterocycles. The minimum atomic E-state index is -2.01. The predicted octanol–water partition coefficient (Wildman–Crippen LogP) is 3.67. The van der Waals surface area contributed by atoms with E-state index in [1.807, 2.05) is 18.2 Å². The van der Waals surface area contributed by atoms with Crippen LogP contribution in [0.5, 0.6) is 0 Å². The van der Waals surface area contributed by atoms with Crippen LogP contribution in [0.1, 0.15) is 5.56 Å². The predicted molar refractivity (Wildman–Crippen MR) is 130 cm³/mol. The van der Waals surface area contributed by atoms with Gasteiger partial charge in [-0.1, -0.05) is 77.8 Å². The molecule has 0 atom stereocenters. The Morgan fingerprint density at radius 2 is 1.03 bits per heavy atom. The summed E-state index contributed by atoms with van der Waals surface area (Å²) in [5.74, 6) is -0.431. The van der Waals surface area contributed by atoms with E-state index in [0.717, 1.165) is 6.16 Å². The minimum Gasteiger partial charge on any atom is -1.00 e. The van der Waals surface area contributed by atoms with Crippen LogP contribution in [0.4, 0.5) is 4.39 Å². The summed E-state index contributed by atoms with van der Waals surface area (Å²) < 4.78 is 14.2. The smallest absolute Gasteiger partial charge is 0.142 e. The van der Waals surface area contributed by atoms with Crippen molar-refractivity contribution >= 4 is 46.4 Å². The first-order valence-corrected chi connectivity index (χ1v) is 12.5. The molecule has 0 radical (unpaired) electrons. The highest BCUT2D eigenvalue weighted by Gasteiger charge is 2.45. The van der Waals surface area contributed by atoms with Crippen LogP contribution in [0.25, 0.3) is 0 Å². The average molecular weight is 534 g/mol. The Morgan fingerprint density at radius 1 is 0.613 bits per heavy atom. The summed E-state index contributed by atoms with van der Waals surface area (Å²) in [5.41, 5.74) is 0.672. The summed E-state index contributed by atoms with van der Waals surface area (Å²) >= 11 is 12.7. The monoisotopic (exact) mass is 532 g/mol. The number of benzene rings is 4. The molecule has 0 aliphatic carbocycles. The Labute approximate surface area is 204 Å². The summed E-state index contributed by atoms with van der Waals surface area (Å²) in [6, 6.07) is 34.7. The Bertz CT molecular complexity index is 1030. The van der Waals surface area contributed by atoms with E-state index in [2.05, 4.69) is 72.8 Å². The van der Waals surface area contributed by atoms with Crippen LogP contribution >= 0.6 is 30.5 Å². The van der Waals surface area contributed by atoms with Crippen LogP contribution in [0, 0.1) is 5.82 Å². The van der Waals surface area contributed by atoms with Gasteiger partial charge in [-0.25, -0.2) is 4.39 Å². The molecule has 0 aliphatic heterocycles. The van der Waals surface area contributed by atoms with Crippen molar-refractivity contribution in [3.8, 4) is 0 Å². The van der Waals surface area contributed by atoms with E-state index < -0.39 is 13.1 Å². The molecule has 5 heteroatoms. The first-order chi connectivity index (χ1) is 14.6. The van der Waals surface area contributed by atoms with E-state index in [-0.39, 0.29) is 22.0 Å². The molecule has 0 heterocycles. The highest BCUT2D eigenvalue weighted by atomic mass is 79.9. The Kier molecular flexibility index (Phi) is 8.30. The zero-order valence-corrected chi connectivity index (χ0v) is 20.7. The molecule has 0 unspecified atom stereocenters. The molecule has 31 heavy (non-hydrogen) atoms. The lowest BCUT2D eigenvalue weighted by atomic mass is 10.1. The first kappa shape index (κ1) is 24.0. The Hall–Kier alpha value is -1.70. The molecule has 0 aromatic heterocycles. The highest BCUT2D eigenvalue weighted by Crippen LogP contribution is 2.56. The van der Waals surface area contributed by atoms with Crippen molar-refractivity contribution in [3.63, 3.8) is 0 Å². The molecule has 0 spiro atoms. The molecule has 0 N–H and O–H groups in total. The maximum Gasteiger partial charge on any atom is 0.142 e. The normalized spacial score (nSPS) is 11.1. The van der Waals surface area contributed by atoms with Gasteiger partial charge in [-0.05, 0) is 54.1 Å². The second kappa shape index (κ2) is 10.7. The van der Waals surface area contributed by atoms with Gasteiger partial charge in [-0.15, -0.1) is 0 Å². The highest BCUT2D eigenvalue weighted by molar-refractivity contribution is 7.95. The van der Waals surface area contributed by atoms with Crippen molar-refractivity contribution in [1.29, 1.82) is 0 Å². The van der Waals surface area contributed by atoms with Gasteiger partial charge in [0.05, 0.1) is 11.2 Å². The van der Waals surface area contributed by atoms with Crippen molar-refractivity contribution in [2.45, 2.75) is 6.42 Å². The van der Waals surface area contributed by atoms with Crippen LogP contribution in [-0.4, -0.2) is 6.16 Å². The number of hydrogen-bond acceptors (Lipinski definition) is 0. The van der Waals surface area contributed by atoms with Gasteiger partial charge in [0.15, 0.2) is 0 Å². The van der Waals surface area contributed by atoms with Gasteiger partial charge >= 0.3 is 0 Å². The molecule has 0 fully saturated rings. The topological polar surface area (TPSA) is 0 Å². The fourth-order valence-corrected chi connectivity index (χ4v) is 8.79. The molecule has 158 valence electrons. The zero-order chi connectivity index (χ0) is 21.0. The third kappa shape index (κ3) is 4.89. The Morgan fingerprint density at radius 3 is 1.45 bits per heavy atom. The van der Waals surface area contributed by atoms with Gasteiger partial charge in [-0.2, -0.15) is 0 Å². The van der Waals surface area contributed by atoms with E-state index in [1.54, 1.807) is 6.07 Å². The maximum atomic E-state index is 14.2. The summed E-state index contributed by atoms with van der Waals surface area (Å²) in [6.45, 7) is 0. The molecule has 0 saturated carbocycles. The molecule has 4 rings (SSSR count). The summed E-state index contributed by atoms with van der Waals surface area (Å²) in [5, 5.41) is 4.48. The molecular weight excluding hydrogens is 513 g/mol. The van der Waals surface area contributed by atoms with Crippen molar-refractivity contribution in [3.05, 3.63) is 125 Å². The van der Waals surface area contributed by atoms with Gasteiger partial charge in [0.25, 0.3) is 0 Å². The van der Waals surface area contributed by atoms with Gasteiger partial charge in [0.1, 0.15) is 29.0 Å². The quantitative estimate of drug-likeness (QED) is 0.262. The maximum absolute atomic E-state index is 14.2. The van der Waals surface area contributed by atoms with Crippen LogP contribution in [0.15, 0.2) is 103 Å². The minimum absolute atomic E-state index is 0. The molecule has 0 nitrogen and oxygen atoms in total. The lowest BCUT2D eigenvalue weighted by molar-refractivity contribution is -0.00000621. The fourth-order valence-electron chi connectivity index (χ4n) is 3.96. The number of halogens is 4. The molecule has 0 amide bonds. The molecule has 0 aliphatic rings. The summed E-state index contributed by atoms with van der Waals surface area (Å²) in [6.07, 6.45) is 1.38. The largest absolute Gasteiger partial charge is 1.00 e. The van der Waals surface area contributed by atoms with Gasteiger partial charge < -0.3 is 17.0 Å². The van der Waals surface area contributed by atoms with Crippen molar-refractivity contribution in [1.82, 2.24) is 0 Å². The van der Waals surface area contributed by atoms with Crippen molar-refractivity contribution in [2.75, 3.05) is 6.16 Å². The van der Waals surface area contributed by atoms with E-state index in [9.17, 15) is 4.39 Å². The van der Waals surface area contributed by atoms with E-state index >= 15 is 0 Å². The summed E-state index contributed by atoms with van der Waals surface area (Å²) in [7, 11) is -2.01. The first-order valence-electron chi connectivity index (χ1n) is 9.80. The van der Waals surface area contributed by atoms with E-state index in [1.165, 1.54) is 22.0 Å². The summed E-state index contributed by atoms with van der Waals surface area (Å²) in [4.78, 5) is 0. The third-order valence-corrected chi connectivity index (χ3v) is 10.6. The standard InChI is InChI=1S/C26H21Cl2FP.BrH/c27-24-16-17-25(29)26(28)23(24)18-19-30(20-10-4-1-5-11-20,21-12-6-2-7-13-21)22-14-8-3-9-15-22;/h1-17H,18-19H2;1H/q+1;/p-1. The SMILES string of the molecule is Fc1ccc(Cl)c(CC[P+](c2ccccc2)(c2ccccc2)c2ccccc2)c1Cl.[Br-]. The number of hydrogen-bond donors (Lipinski definition) is 0. The van der Waals surface area contributed by atoms with Crippen LogP contribution in [0.3, 0.4) is 0 Å². The third-order valence-electron chi connectivity index (χ3n) is 5.43. The van der Waals surface area contributed by atoms with Crippen molar-refractivity contribution < 1.29 is 21.4 Å². The average Bonchev–Trinajstić information content (AvgIpc) is 2.81.